The Hall–Kier alpha value is -2.90. The minimum absolute atomic E-state index is 0.0283. The van der Waals surface area contributed by atoms with Gasteiger partial charge in [0.2, 0.25) is 0 Å². The van der Waals surface area contributed by atoms with Gasteiger partial charge in [-0.2, -0.15) is 4.98 Å². The Kier molecular flexibility index (Phi) is 4.50. The summed E-state index contributed by atoms with van der Waals surface area (Å²) in [7, 11) is 0. The molecule has 0 aliphatic carbocycles. The normalized spacial score (nSPS) is 10.1. The zero-order valence-electron chi connectivity index (χ0n) is 11.2. The fraction of sp³-hybridized carbons (Fsp3) is 0.231. The van der Waals surface area contributed by atoms with Gasteiger partial charge in [0.1, 0.15) is 12.0 Å². The van der Waals surface area contributed by atoms with E-state index in [1.165, 1.54) is 18.5 Å². The SMILES string of the molecule is CCOC(=O)c1coc(NCc2ccc(C(=O)O)nc2)n1. The van der Waals surface area contributed by atoms with E-state index in [4.69, 9.17) is 14.3 Å². The van der Waals surface area contributed by atoms with Crippen LogP contribution in [0.2, 0.25) is 0 Å². The Labute approximate surface area is 119 Å². The first-order chi connectivity index (χ1) is 10.1. The van der Waals surface area contributed by atoms with Gasteiger partial charge in [-0.25, -0.2) is 14.6 Å². The van der Waals surface area contributed by atoms with E-state index in [1.807, 2.05) is 0 Å². The van der Waals surface area contributed by atoms with Crippen LogP contribution in [0.3, 0.4) is 0 Å². The molecule has 0 bridgehead atoms. The first-order valence-electron chi connectivity index (χ1n) is 6.15. The molecule has 0 aromatic carbocycles. The Bertz CT molecular complexity index is 636. The molecule has 0 unspecified atom stereocenters. The van der Waals surface area contributed by atoms with Crippen LogP contribution in [0.5, 0.6) is 0 Å². The second-order valence-corrected chi connectivity index (χ2v) is 3.97. The van der Waals surface area contributed by atoms with Crippen LogP contribution in [0.15, 0.2) is 29.0 Å². The van der Waals surface area contributed by atoms with E-state index in [0.717, 1.165) is 5.56 Å². The molecule has 0 saturated carbocycles. The number of anilines is 1. The van der Waals surface area contributed by atoms with Gasteiger partial charge in [0.15, 0.2) is 5.69 Å². The molecule has 0 aliphatic rings. The number of nitrogens with zero attached hydrogens (tertiary/aromatic N) is 2. The fourth-order valence-corrected chi connectivity index (χ4v) is 1.49. The summed E-state index contributed by atoms with van der Waals surface area (Å²) in [6.45, 7) is 2.29. The van der Waals surface area contributed by atoms with Crippen molar-refractivity contribution in [1.82, 2.24) is 9.97 Å². The minimum atomic E-state index is -1.08. The molecule has 0 radical (unpaired) electrons. The van der Waals surface area contributed by atoms with Gasteiger partial charge < -0.3 is 19.6 Å². The molecule has 2 heterocycles. The van der Waals surface area contributed by atoms with E-state index < -0.39 is 11.9 Å². The largest absolute Gasteiger partial charge is 0.477 e. The minimum Gasteiger partial charge on any atom is -0.477 e. The van der Waals surface area contributed by atoms with E-state index in [1.54, 1.807) is 13.0 Å². The summed E-state index contributed by atoms with van der Waals surface area (Å²) in [6.07, 6.45) is 2.64. The number of oxazole rings is 1. The third-order valence-electron chi connectivity index (χ3n) is 2.48. The van der Waals surface area contributed by atoms with Crippen LogP contribution in [0.1, 0.15) is 33.5 Å². The molecule has 2 rings (SSSR count). The number of hydrogen-bond donors (Lipinski definition) is 2. The number of rotatable bonds is 6. The molecule has 21 heavy (non-hydrogen) atoms. The Balaban J connectivity index is 1.94. The highest BCUT2D eigenvalue weighted by Gasteiger charge is 2.12. The number of esters is 1. The zero-order valence-corrected chi connectivity index (χ0v) is 11.2. The maximum Gasteiger partial charge on any atom is 0.360 e. The highest BCUT2D eigenvalue weighted by Crippen LogP contribution is 2.10. The average molecular weight is 291 g/mol. The standard InChI is InChI=1S/C13H13N3O5/c1-2-20-12(19)10-7-21-13(16-10)15-6-8-3-4-9(11(17)18)14-5-8/h3-5,7H,2,6H2,1H3,(H,15,16)(H,17,18). The molecule has 110 valence electrons. The fourth-order valence-electron chi connectivity index (χ4n) is 1.49. The lowest BCUT2D eigenvalue weighted by molar-refractivity contribution is 0.0519. The third-order valence-corrected chi connectivity index (χ3v) is 2.48. The van der Waals surface area contributed by atoms with Crippen LogP contribution < -0.4 is 5.32 Å². The molecular formula is C13H13N3O5. The Morgan fingerprint density at radius 3 is 2.81 bits per heavy atom. The predicted octanol–water partition coefficient (Wildman–Crippen LogP) is 1.56. The van der Waals surface area contributed by atoms with Crippen LogP contribution >= 0.6 is 0 Å². The Morgan fingerprint density at radius 1 is 1.38 bits per heavy atom. The average Bonchev–Trinajstić information content (AvgIpc) is 2.95. The second kappa shape index (κ2) is 6.51. The molecule has 0 amide bonds. The number of pyridine rings is 1. The highest BCUT2D eigenvalue weighted by atomic mass is 16.5. The quantitative estimate of drug-likeness (QED) is 0.770. The van der Waals surface area contributed by atoms with E-state index in [0.29, 0.717) is 6.54 Å². The van der Waals surface area contributed by atoms with Crippen molar-refractivity contribution < 1.29 is 23.8 Å². The predicted molar refractivity (Wildman–Crippen MR) is 71.0 cm³/mol. The van der Waals surface area contributed by atoms with Crippen molar-refractivity contribution in [1.29, 1.82) is 0 Å². The molecule has 2 aromatic heterocycles. The summed E-state index contributed by atoms with van der Waals surface area (Å²) in [6, 6.07) is 3.19. The first-order valence-corrected chi connectivity index (χ1v) is 6.15. The molecular weight excluding hydrogens is 278 g/mol. The van der Waals surface area contributed by atoms with E-state index in [-0.39, 0.29) is 24.0 Å². The lowest BCUT2D eigenvalue weighted by atomic mass is 10.2. The van der Waals surface area contributed by atoms with Crippen LogP contribution in [0, 0.1) is 0 Å². The number of carboxylic acids is 1. The van der Waals surface area contributed by atoms with Gasteiger partial charge in [-0.1, -0.05) is 6.07 Å². The zero-order chi connectivity index (χ0) is 15.2. The van der Waals surface area contributed by atoms with E-state index >= 15 is 0 Å². The molecule has 0 aliphatic heterocycles. The van der Waals surface area contributed by atoms with Crippen LogP contribution in [-0.2, 0) is 11.3 Å². The number of carbonyl (C=O) groups excluding carboxylic acids is 1. The lowest BCUT2D eigenvalue weighted by Crippen LogP contribution is -2.06. The summed E-state index contributed by atoms with van der Waals surface area (Å²) in [5.41, 5.74) is 0.800. The number of carbonyl (C=O) groups is 2. The number of aromatic nitrogens is 2. The maximum atomic E-state index is 11.4. The monoisotopic (exact) mass is 291 g/mol. The maximum absolute atomic E-state index is 11.4. The summed E-state index contributed by atoms with van der Waals surface area (Å²) in [5.74, 6) is -1.64. The number of aromatic carboxylic acids is 1. The highest BCUT2D eigenvalue weighted by molar-refractivity contribution is 5.87. The van der Waals surface area contributed by atoms with Gasteiger partial charge in [-0.15, -0.1) is 0 Å². The molecule has 8 heteroatoms. The van der Waals surface area contributed by atoms with Gasteiger partial charge in [0, 0.05) is 12.7 Å². The van der Waals surface area contributed by atoms with Gasteiger partial charge in [-0.05, 0) is 18.6 Å². The van der Waals surface area contributed by atoms with Crippen LogP contribution in [-0.4, -0.2) is 33.6 Å². The van der Waals surface area contributed by atoms with Crippen LogP contribution in [0.25, 0.3) is 0 Å². The second-order valence-electron chi connectivity index (χ2n) is 3.97. The van der Waals surface area contributed by atoms with Crippen molar-refractivity contribution in [3.63, 3.8) is 0 Å². The van der Waals surface area contributed by atoms with Crippen molar-refractivity contribution in [2.75, 3.05) is 11.9 Å². The molecule has 0 saturated heterocycles. The third kappa shape index (κ3) is 3.78. The van der Waals surface area contributed by atoms with Gasteiger partial charge >= 0.3 is 11.9 Å². The Morgan fingerprint density at radius 2 is 2.19 bits per heavy atom. The van der Waals surface area contributed by atoms with Crippen molar-refractivity contribution in [3.8, 4) is 0 Å². The summed E-state index contributed by atoms with van der Waals surface area (Å²) >= 11 is 0. The van der Waals surface area contributed by atoms with Crippen molar-refractivity contribution in [2.24, 2.45) is 0 Å². The van der Waals surface area contributed by atoms with E-state index in [2.05, 4.69) is 15.3 Å². The molecule has 2 N–H and O–H groups in total. The van der Waals surface area contributed by atoms with Crippen molar-refractivity contribution >= 4 is 18.0 Å². The molecule has 0 atom stereocenters. The summed E-state index contributed by atoms with van der Waals surface area (Å²) < 4.78 is 9.86. The number of ether oxygens (including phenoxy) is 1. The molecule has 8 nitrogen and oxygen atoms in total. The number of carboxylic acid groups (broad SMARTS) is 1. The van der Waals surface area contributed by atoms with Gasteiger partial charge in [0.05, 0.1) is 6.61 Å². The molecule has 0 fully saturated rings. The topological polar surface area (TPSA) is 115 Å². The van der Waals surface area contributed by atoms with E-state index in [9.17, 15) is 9.59 Å². The van der Waals surface area contributed by atoms with Gasteiger partial charge in [0.25, 0.3) is 6.01 Å². The molecule has 2 aromatic rings. The van der Waals surface area contributed by atoms with Crippen LogP contribution in [0.4, 0.5) is 6.01 Å². The molecule has 0 spiro atoms. The van der Waals surface area contributed by atoms with Crippen molar-refractivity contribution in [2.45, 2.75) is 13.5 Å². The van der Waals surface area contributed by atoms with Crippen molar-refractivity contribution in [3.05, 3.63) is 41.5 Å². The number of nitrogens with one attached hydrogen (secondary N) is 1. The lowest BCUT2D eigenvalue weighted by Gasteiger charge is -2.02. The summed E-state index contributed by atoms with van der Waals surface area (Å²) in [4.78, 5) is 29.8. The smallest absolute Gasteiger partial charge is 0.360 e. The summed E-state index contributed by atoms with van der Waals surface area (Å²) in [5, 5.41) is 11.6. The first kappa shape index (κ1) is 14.5. The van der Waals surface area contributed by atoms with Gasteiger partial charge in [-0.3, -0.25) is 0 Å². The number of hydrogen-bond acceptors (Lipinski definition) is 7.